The fourth-order valence-electron chi connectivity index (χ4n) is 4.67. The van der Waals surface area contributed by atoms with Crippen LogP contribution in [-0.4, -0.2) is 58.7 Å². The van der Waals surface area contributed by atoms with Crippen molar-refractivity contribution in [2.45, 2.75) is 69.4 Å². The van der Waals surface area contributed by atoms with Gasteiger partial charge in [0.1, 0.15) is 17.1 Å². The van der Waals surface area contributed by atoms with E-state index in [0.29, 0.717) is 51.6 Å². The summed E-state index contributed by atoms with van der Waals surface area (Å²) in [6, 6.07) is 12.3. The monoisotopic (exact) mass is 582 g/mol. The lowest BCUT2D eigenvalue weighted by atomic mass is 10.0. The number of halogens is 1. The highest BCUT2D eigenvalue weighted by Gasteiger charge is 2.21. The van der Waals surface area contributed by atoms with E-state index in [2.05, 4.69) is 57.8 Å². The molecule has 3 aromatic rings. The van der Waals surface area contributed by atoms with Crippen LogP contribution < -0.4 is 20.7 Å². The van der Waals surface area contributed by atoms with Gasteiger partial charge in [0.25, 0.3) is 0 Å². The molecule has 8 nitrogen and oxygen atoms in total. The Morgan fingerprint density at radius 3 is 2.60 bits per heavy atom. The van der Waals surface area contributed by atoms with Crippen molar-refractivity contribution in [2.24, 2.45) is 0 Å². The number of aldehydes is 1. The normalized spacial score (nSPS) is 14.1. The van der Waals surface area contributed by atoms with Crippen LogP contribution in [0.15, 0.2) is 47.5 Å². The van der Waals surface area contributed by atoms with Crippen LogP contribution in [0, 0.1) is 0 Å². The molecule has 2 aromatic carbocycles. The van der Waals surface area contributed by atoms with E-state index in [9.17, 15) is 4.79 Å². The third-order valence-electron chi connectivity index (χ3n) is 6.58. The Bertz CT molecular complexity index is 1300. The molecule has 0 aliphatic carbocycles. The number of aromatic nitrogens is 2. The average Bonchev–Trinajstić information content (AvgIpc) is 2.92. The van der Waals surface area contributed by atoms with Gasteiger partial charge in [-0.25, -0.2) is 4.98 Å². The van der Waals surface area contributed by atoms with Crippen molar-refractivity contribution in [1.82, 2.24) is 20.2 Å². The number of thioether (sulfide) groups is 1. The largest absolute Gasteiger partial charge is 0.489 e. The highest BCUT2D eigenvalue weighted by Crippen LogP contribution is 2.35. The van der Waals surface area contributed by atoms with Gasteiger partial charge >= 0.3 is 0 Å². The van der Waals surface area contributed by atoms with Gasteiger partial charge in [-0.05, 0) is 76.7 Å². The van der Waals surface area contributed by atoms with Crippen molar-refractivity contribution >= 4 is 52.8 Å². The van der Waals surface area contributed by atoms with Crippen molar-refractivity contribution in [3.8, 4) is 5.75 Å². The Balaban J connectivity index is 1.61. The Kier molecular flexibility index (Phi) is 10.7. The standard InChI is InChI=1S/C30H39ClN6O2S/c1-19(2)39-27-15-21(17-37(5)23-10-12-32-13-11-23)22(18-38)14-26(27)35-30-33-16-24(31)29(36-30)34-25-8-6-7-9-28(25)40-20(3)4/h6-9,14-16,18-20,23,32H,10-13,17H2,1-5H3,(H2,33,34,35,36). The van der Waals surface area contributed by atoms with Gasteiger partial charge in [0.05, 0.1) is 23.7 Å². The Morgan fingerprint density at radius 1 is 1.15 bits per heavy atom. The first-order valence-electron chi connectivity index (χ1n) is 13.8. The van der Waals surface area contributed by atoms with E-state index in [1.54, 1.807) is 18.0 Å². The van der Waals surface area contributed by atoms with Crippen LogP contribution in [0.1, 0.15) is 56.5 Å². The van der Waals surface area contributed by atoms with E-state index in [-0.39, 0.29) is 6.10 Å². The minimum Gasteiger partial charge on any atom is -0.489 e. The van der Waals surface area contributed by atoms with Crippen molar-refractivity contribution in [3.63, 3.8) is 0 Å². The molecule has 0 atom stereocenters. The zero-order valence-electron chi connectivity index (χ0n) is 23.8. The summed E-state index contributed by atoms with van der Waals surface area (Å²) >= 11 is 8.25. The molecule has 1 saturated heterocycles. The summed E-state index contributed by atoms with van der Waals surface area (Å²) in [4.78, 5) is 24.7. The van der Waals surface area contributed by atoms with Crippen LogP contribution in [0.2, 0.25) is 5.02 Å². The Hall–Kier alpha value is -2.85. The average molecular weight is 583 g/mol. The molecular weight excluding hydrogens is 544 g/mol. The molecule has 1 aromatic heterocycles. The molecule has 0 radical (unpaired) electrons. The smallest absolute Gasteiger partial charge is 0.229 e. The van der Waals surface area contributed by atoms with Gasteiger partial charge in [-0.2, -0.15) is 4.98 Å². The van der Waals surface area contributed by atoms with E-state index >= 15 is 0 Å². The lowest BCUT2D eigenvalue weighted by Gasteiger charge is -2.32. The molecule has 3 N–H and O–H groups in total. The number of hydrogen-bond donors (Lipinski definition) is 3. The second-order valence-electron chi connectivity index (χ2n) is 10.5. The van der Waals surface area contributed by atoms with E-state index in [1.165, 1.54) is 0 Å². The number of benzene rings is 2. The third-order valence-corrected chi connectivity index (χ3v) is 7.93. The van der Waals surface area contributed by atoms with Gasteiger partial charge in [0.15, 0.2) is 5.82 Å². The Labute approximate surface area is 246 Å². The lowest BCUT2D eigenvalue weighted by molar-refractivity contribution is 0.112. The van der Waals surface area contributed by atoms with E-state index < -0.39 is 0 Å². The van der Waals surface area contributed by atoms with Crippen LogP contribution in [0.5, 0.6) is 5.75 Å². The summed E-state index contributed by atoms with van der Waals surface area (Å²) in [5, 5.41) is 10.9. The van der Waals surface area contributed by atoms with E-state index in [1.807, 2.05) is 44.2 Å². The maximum absolute atomic E-state index is 12.2. The topological polar surface area (TPSA) is 91.4 Å². The minimum absolute atomic E-state index is 0.0593. The predicted molar refractivity (Wildman–Crippen MR) is 166 cm³/mol. The molecular formula is C30H39ClN6O2S. The van der Waals surface area contributed by atoms with Crippen LogP contribution in [0.25, 0.3) is 0 Å². The van der Waals surface area contributed by atoms with Crippen molar-refractivity contribution in [3.05, 3.63) is 58.7 Å². The summed E-state index contributed by atoms with van der Waals surface area (Å²) in [5.41, 5.74) is 3.07. The summed E-state index contributed by atoms with van der Waals surface area (Å²) in [7, 11) is 2.12. The van der Waals surface area contributed by atoms with Crippen molar-refractivity contribution in [1.29, 1.82) is 0 Å². The van der Waals surface area contributed by atoms with Crippen molar-refractivity contribution < 1.29 is 9.53 Å². The number of hydrogen-bond acceptors (Lipinski definition) is 9. The van der Waals surface area contributed by atoms with Gasteiger partial charge in [-0.15, -0.1) is 11.8 Å². The fraction of sp³-hybridized carbons (Fsp3) is 0.433. The molecule has 1 aliphatic rings. The fourth-order valence-corrected chi connectivity index (χ4v) is 5.72. The molecule has 1 fully saturated rings. The molecule has 10 heteroatoms. The summed E-state index contributed by atoms with van der Waals surface area (Å²) < 4.78 is 6.18. The summed E-state index contributed by atoms with van der Waals surface area (Å²) in [6.07, 6.45) is 4.58. The Morgan fingerprint density at radius 2 is 1.90 bits per heavy atom. The van der Waals surface area contributed by atoms with Crippen LogP contribution in [0.4, 0.5) is 23.1 Å². The summed E-state index contributed by atoms with van der Waals surface area (Å²) in [5.74, 6) is 1.46. The van der Waals surface area contributed by atoms with Crippen molar-refractivity contribution in [2.75, 3.05) is 30.8 Å². The zero-order valence-corrected chi connectivity index (χ0v) is 25.4. The van der Waals surface area contributed by atoms with Crippen LogP contribution in [0.3, 0.4) is 0 Å². The van der Waals surface area contributed by atoms with Gasteiger partial charge in [0.2, 0.25) is 5.95 Å². The molecule has 214 valence electrons. The number of carbonyl (C=O) groups is 1. The maximum Gasteiger partial charge on any atom is 0.229 e. The second kappa shape index (κ2) is 14.2. The molecule has 2 heterocycles. The SMILES string of the molecule is CC(C)Oc1cc(CN(C)C2CCNCC2)c(C=O)cc1Nc1ncc(Cl)c(Nc2ccccc2SC(C)C)n1. The number of nitrogens with zero attached hydrogens (tertiary/aromatic N) is 3. The van der Waals surface area contributed by atoms with Crippen LogP contribution >= 0.6 is 23.4 Å². The molecule has 0 unspecified atom stereocenters. The van der Waals surface area contributed by atoms with Gasteiger partial charge in [-0.3, -0.25) is 9.69 Å². The van der Waals surface area contributed by atoms with Crippen LogP contribution in [-0.2, 0) is 6.54 Å². The molecule has 0 amide bonds. The van der Waals surface area contributed by atoms with Gasteiger partial charge in [-0.1, -0.05) is 37.6 Å². The highest BCUT2D eigenvalue weighted by molar-refractivity contribution is 8.00. The molecule has 0 bridgehead atoms. The number of nitrogens with one attached hydrogen (secondary N) is 3. The zero-order chi connectivity index (χ0) is 28.6. The van der Waals surface area contributed by atoms with Gasteiger partial charge < -0.3 is 20.7 Å². The number of anilines is 4. The molecule has 4 rings (SSSR count). The first kappa shape index (κ1) is 30.1. The quantitative estimate of drug-likeness (QED) is 0.156. The highest BCUT2D eigenvalue weighted by atomic mass is 35.5. The van der Waals surface area contributed by atoms with E-state index in [0.717, 1.165) is 48.4 Å². The molecule has 0 spiro atoms. The first-order chi connectivity index (χ1) is 19.2. The lowest BCUT2D eigenvalue weighted by Crippen LogP contribution is -2.40. The molecule has 1 aliphatic heterocycles. The number of para-hydroxylation sites is 1. The second-order valence-corrected chi connectivity index (χ2v) is 12.6. The predicted octanol–water partition coefficient (Wildman–Crippen LogP) is 6.90. The summed E-state index contributed by atoms with van der Waals surface area (Å²) in [6.45, 7) is 11.0. The first-order valence-corrected chi connectivity index (χ1v) is 15.0. The number of piperidine rings is 1. The minimum atomic E-state index is -0.0593. The van der Waals surface area contributed by atoms with E-state index in [4.69, 9.17) is 16.3 Å². The number of carbonyl (C=O) groups excluding carboxylic acids is 1. The molecule has 40 heavy (non-hydrogen) atoms. The van der Waals surface area contributed by atoms with Gasteiger partial charge in [0, 0.05) is 28.3 Å². The number of ether oxygens (including phenoxy) is 1. The third kappa shape index (κ3) is 8.10. The maximum atomic E-state index is 12.2. The molecule has 0 saturated carbocycles. The number of rotatable bonds is 12.